The van der Waals surface area contributed by atoms with Crippen LogP contribution in [0.25, 0.3) is 10.9 Å². The Morgan fingerprint density at radius 2 is 2.17 bits per heavy atom. The normalized spacial score (nSPS) is 14.0. The molecule has 2 heterocycles. The van der Waals surface area contributed by atoms with Gasteiger partial charge in [-0.2, -0.15) is 10.1 Å². The minimum absolute atomic E-state index is 0.591. The minimum atomic E-state index is 0.591. The Morgan fingerprint density at radius 1 is 1.25 bits per heavy atom. The first-order chi connectivity index (χ1) is 11.8. The maximum atomic E-state index is 5.58. The van der Waals surface area contributed by atoms with Crippen LogP contribution in [0.3, 0.4) is 0 Å². The Labute approximate surface area is 140 Å². The van der Waals surface area contributed by atoms with Gasteiger partial charge in [0.05, 0.1) is 11.7 Å². The first-order valence-electron chi connectivity index (χ1n) is 8.34. The first kappa shape index (κ1) is 14.9. The number of hydrogen-bond acceptors (Lipinski definition) is 6. The Bertz CT molecular complexity index is 838. The average Bonchev–Trinajstić information content (AvgIpc) is 3.33. The van der Waals surface area contributed by atoms with Gasteiger partial charge in [-0.3, -0.25) is 5.10 Å². The van der Waals surface area contributed by atoms with E-state index in [1.165, 1.54) is 18.4 Å². The van der Waals surface area contributed by atoms with E-state index in [4.69, 9.17) is 5.73 Å². The van der Waals surface area contributed by atoms with Gasteiger partial charge in [-0.1, -0.05) is 0 Å². The molecule has 2 aromatic heterocycles. The minimum Gasteiger partial charge on any atom is -0.370 e. The van der Waals surface area contributed by atoms with E-state index in [0.717, 1.165) is 35.4 Å². The molecule has 0 bridgehead atoms. The third kappa shape index (κ3) is 3.16. The highest BCUT2D eigenvalue weighted by Gasteiger charge is 2.27. The van der Waals surface area contributed by atoms with Crippen molar-refractivity contribution in [1.82, 2.24) is 20.2 Å². The van der Waals surface area contributed by atoms with Crippen molar-refractivity contribution in [3.63, 3.8) is 0 Å². The fourth-order valence-electron chi connectivity index (χ4n) is 2.74. The number of benzene rings is 1. The van der Waals surface area contributed by atoms with Crippen LogP contribution in [0.15, 0.2) is 30.6 Å². The van der Waals surface area contributed by atoms with Crippen LogP contribution in [-0.2, 0) is 0 Å². The summed E-state index contributed by atoms with van der Waals surface area (Å²) < 4.78 is 0. The van der Waals surface area contributed by atoms with Crippen molar-refractivity contribution in [2.45, 2.75) is 25.2 Å². The summed E-state index contributed by atoms with van der Waals surface area (Å²) in [5.74, 6) is 2.11. The van der Waals surface area contributed by atoms with Gasteiger partial charge in [-0.25, -0.2) is 4.98 Å². The molecule has 7 heteroatoms. The fourth-order valence-corrected chi connectivity index (χ4v) is 2.74. The maximum Gasteiger partial charge on any atom is 0.229 e. The highest BCUT2D eigenvalue weighted by molar-refractivity contribution is 5.82. The number of fused-ring (bicyclic) bond motifs is 1. The lowest BCUT2D eigenvalue weighted by Crippen LogP contribution is -2.12. The Hall–Kier alpha value is -2.67. The molecule has 0 spiro atoms. The van der Waals surface area contributed by atoms with Crippen molar-refractivity contribution < 1.29 is 0 Å². The van der Waals surface area contributed by atoms with Crippen molar-refractivity contribution in [1.29, 1.82) is 0 Å². The number of aromatic amines is 1. The second-order valence-corrected chi connectivity index (χ2v) is 6.14. The van der Waals surface area contributed by atoms with E-state index in [1.807, 2.05) is 24.4 Å². The predicted octanol–water partition coefficient (Wildman–Crippen LogP) is 2.73. The summed E-state index contributed by atoms with van der Waals surface area (Å²) >= 11 is 0. The van der Waals surface area contributed by atoms with Crippen molar-refractivity contribution in [3.8, 4) is 0 Å². The molecular formula is C17H21N7. The second kappa shape index (κ2) is 6.45. The molecule has 0 unspecified atom stereocenters. The maximum absolute atomic E-state index is 5.58. The topological polar surface area (TPSA) is 105 Å². The molecule has 0 aliphatic heterocycles. The molecule has 0 amide bonds. The lowest BCUT2D eigenvalue weighted by molar-refractivity contribution is 0.865. The van der Waals surface area contributed by atoms with E-state index in [-0.39, 0.29) is 0 Å². The van der Waals surface area contributed by atoms with Gasteiger partial charge in [0.25, 0.3) is 0 Å². The van der Waals surface area contributed by atoms with Gasteiger partial charge in [0, 0.05) is 29.4 Å². The molecule has 1 fully saturated rings. The van der Waals surface area contributed by atoms with Crippen LogP contribution in [0.5, 0.6) is 0 Å². The number of aromatic nitrogens is 4. The van der Waals surface area contributed by atoms with Gasteiger partial charge in [0.2, 0.25) is 5.95 Å². The van der Waals surface area contributed by atoms with Crippen LogP contribution in [0.2, 0.25) is 0 Å². The molecule has 7 nitrogen and oxygen atoms in total. The SMILES string of the molecule is NCCCNc1nc(Nc2ccc3cn[nH]c3c2)ncc1C1CC1. The van der Waals surface area contributed by atoms with E-state index in [0.29, 0.717) is 18.4 Å². The number of nitrogens with two attached hydrogens (primary N) is 1. The van der Waals surface area contributed by atoms with Gasteiger partial charge < -0.3 is 16.4 Å². The number of rotatable bonds is 7. The van der Waals surface area contributed by atoms with Crippen LogP contribution in [-0.4, -0.2) is 33.3 Å². The van der Waals surface area contributed by atoms with E-state index < -0.39 is 0 Å². The number of nitrogens with zero attached hydrogens (tertiary/aromatic N) is 3. The molecule has 4 rings (SSSR count). The molecular weight excluding hydrogens is 302 g/mol. The summed E-state index contributed by atoms with van der Waals surface area (Å²) in [6.45, 7) is 1.50. The molecule has 5 N–H and O–H groups in total. The van der Waals surface area contributed by atoms with Crippen molar-refractivity contribution in [3.05, 3.63) is 36.2 Å². The standard InChI is InChI=1S/C17H21N7/c18-6-1-7-19-16-14(11-2-3-11)10-20-17(23-16)22-13-5-4-12-9-21-24-15(12)8-13/h4-5,8-11H,1-3,6-7,18H2,(H,21,24)(H2,19,20,22,23). The lowest BCUT2D eigenvalue weighted by Gasteiger charge is -2.12. The Balaban J connectivity index is 1.56. The summed E-state index contributed by atoms with van der Waals surface area (Å²) in [5, 5.41) is 14.8. The summed E-state index contributed by atoms with van der Waals surface area (Å²) in [7, 11) is 0. The largest absolute Gasteiger partial charge is 0.370 e. The number of anilines is 3. The van der Waals surface area contributed by atoms with Crippen molar-refractivity contribution in [2.24, 2.45) is 5.73 Å². The molecule has 24 heavy (non-hydrogen) atoms. The highest BCUT2D eigenvalue weighted by Crippen LogP contribution is 2.42. The van der Waals surface area contributed by atoms with E-state index >= 15 is 0 Å². The van der Waals surface area contributed by atoms with Crippen LogP contribution in [0, 0.1) is 0 Å². The average molecular weight is 323 g/mol. The quantitative estimate of drug-likeness (QED) is 0.498. The molecule has 0 atom stereocenters. The third-order valence-electron chi connectivity index (χ3n) is 4.21. The third-order valence-corrected chi connectivity index (χ3v) is 4.21. The zero-order valence-corrected chi connectivity index (χ0v) is 13.4. The van der Waals surface area contributed by atoms with Gasteiger partial charge >= 0.3 is 0 Å². The van der Waals surface area contributed by atoms with Gasteiger partial charge in [0.1, 0.15) is 5.82 Å². The molecule has 0 saturated heterocycles. The van der Waals surface area contributed by atoms with Crippen LogP contribution >= 0.6 is 0 Å². The molecule has 124 valence electrons. The first-order valence-corrected chi connectivity index (χ1v) is 8.34. The van der Waals surface area contributed by atoms with Gasteiger partial charge in [-0.15, -0.1) is 0 Å². The summed E-state index contributed by atoms with van der Waals surface area (Å²) in [6, 6.07) is 6.01. The fraction of sp³-hybridized carbons (Fsp3) is 0.353. The van der Waals surface area contributed by atoms with Gasteiger partial charge in [0.15, 0.2) is 0 Å². The van der Waals surface area contributed by atoms with E-state index in [2.05, 4.69) is 30.8 Å². The smallest absolute Gasteiger partial charge is 0.229 e. The monoisotopic (exact) mass is 323 g/mol. The van der Waals surface area contributed by atoms with Crippen molar-refractivity contribution in [2.75, 3.05) is 23.7 Å². The molecule has 0 radical (unpaired) electrons. The molecule has 1 aliphatic carbocycles. The van der Waals surface area contributed by atoms with Crippen molar-refractivity contribution >= 4 is 28.4 Å². The molecule has 1 saturated carbocycles. The van der Waals surface area contributed by atoms with E-state index in [1.54, 1.807) is 6.20 Å². The van der Waals surface area contributed by atoms with Crippen LogP contribution in [0.1, 0.15) is 30.7 Å². The highest BCUT2D eigenvalue weighted by atomic mass is 15.1. The molecule has 3 aromatic rings. The number of H-pyrrole nitrogens is 1. The Morgan fingerprint density at radius 3 is 3.00 bits per heavy atom. The summed E-state index contributed by atoms with van der Waals surface area (Å²) in [4.78, 5) is 9.15. The number of hydrogen-bond donors (Lipinski definition) is 4. The second-order valence-electron chi connectivity index (χ2n) is 6.14. The zero-order chi connectivity index (χ0) is 16.4. The predicted molar refractivity (Wildman–Crippen MR) is 95.5 cm³/mol. The zero-order valence-electron chi connectivity index (χ0n) is 13.4. The molecule has 1 aromatic carbocycles. The van der Waals surface area contributed by atoms with Gasteiger partial charge in [-0.05, 0) is 49.9 Å². The van der Waals surface area contributed by atoms with Crippen LogP contribution < -0.4 is 16.4 Å². The summed E-state index contributed by atoms with van der Waals surface area (Å²) in [5.41, 5.74) is 8.70. The number of nitrogens with one attached hydrogen (secondary N) is 3. The Kier molecular flexibility index (Phi) is 4.00. The summed E-state index contributed by atoms with van der Waals surface area (Å²) in [6.07, 6.45) is 7.11. The lowest BCUT2D eigenvalue weighted by atomic mass is 10.2. The van der Waals surface area contributed by atoms with Crippen LogP contribution in [0.4, 0.5) is 17.5 Å². The van der Waals surface area contributed by atoms with E-state index in [9.17, 15) is 0 Å². The molecule has 1 aliphatic rings.